The molecule has 20 heavy (non-hydrogen) atoms. The molecule has 2 rings (SSSR count). The Morgan fingerprint density at radius 1 is 1.15 bits per heavy atom. The molecule has 0 saturated heterocycles. The van der Waals surface area contributed by atoms with Crippen molar-refractivity contribution >= 4 is 17.1 Å². The Kier molecular flexibility index (Phi) is 4.02. The lowest BCUT2D eigenvalue weighted by atomic mass is 10.2. The van der Waals surface area contributed by atoms with Crippen LogP contribution < -0.4 is 15.8 Å². The van der Waals surface area contributed by atoms with E-state index >= 15 is 0 Å². The minimum atomic E-state index is -1.27. The predicted octanol–water partition coefficient (Wildman–Crippen LogP) is 3.83. The van der Waals surface area contributed by atoms with Crippen LogP contribution in [0, 0.1) is 17.5 Å². The summed E-state index contributed by atoms with van der Waals surface area (Å²) in [5.41, 5.74) is 6.06. The van der Waals surface area contributed by atoms with Gasteiger partial charge in [0.05, 0.1) is 23.7 Å². The van der Waals surface area contributed by atoms with Crippen LogP contribution in [0.1, 0.15) is 6.92 Å². The number of para-hydroxylation sites is 1. The van der Waals surface area contributed by atoms with E-state index in [-0.39, 0.29) is 11.4 Å². The van der Waals surface area contributed by atoms with Gasteiger partial charge in [-0.3, -0.25) is 0 Å². The topological polar surface area (TPSA) is 47.3 Å². The average Bonchev–Trinajstić information content (AvgIpc) is 2.40. The molecule has 0 unspecified atom stereocenters. The molecule has 3 N–H and O–H groups in total. The third-order valence-corrected chi connectivity index (χ3v) is 2.63. The lowest BCUT2D eigenvalue weighted by Gasteiger charge is -2.13. The Morgan fingerprint density at radius 2 is 1.90 bits per heavy atom. The van der Waals surface area contributed by atoms with Gasteiger partial charge in [0, 0.05) is 12.1 Å². The van der Waals surface area contributed by atoms with Crippen LogP contribution in [-0.2, 0) is 0 Å². The molecule has 0 amide bonds. The van der Waals surface area contributed by atoms with Gasteiger partial charge in [-0.2, -0.15) is 0 Å². The predicted molar refractivity (Wildman–Crippen MR) is 71.6 cm³/mol. The molecule has 0 aliphatic rings. The molecule has 0 saturated carbocycles. The summed E-state index contributed by atoms with van der Waals surface area (Å²) in [6, 6.07) is 6.16. The number of anilines is 3. The number of hydrogen-bond donors (Lipinski definition) is 2. The third kappa shape index (κ3) is 2.79. The molecule has 0 fully saturated rings. The highest BCUT2D eigenvalue weighted by Gasteiger charge is 2.13. The number of ether oxygens (including phenoxy) is 1. The van der Waals surface area contributed by atoms with Gasteiger partial charge in [-0.1, -0.05) is 6.07 Å². The number of nitrogens with two attached hydrogens (primary N) is 1. The molecular weight excluding hydrogens is 269 g/mol. The van der Waals surface area contributed by atoms with E-state index in [9.17, 15) is 13.2 Å². The van der Waals surface area contributed by atoms with E-state index in [0.717, 1.165) is 6.07 Å². The van der Waals surface area contributed by atoms with Crippen molar-refractivity contribution in [1.82, 2.24) is 0 Å². The van der Waals surface area contributed by atoms with Gasteiger partial charge < -0.3 is 15.8 Å². The molecule has 3 nitrogen and oxygen atoms in total. The quantitative estimate of drug-likeness (QED) is 0.662. The van der Waals surface area contributed by atoms with Gasteiger partial charge in [0.25, 0.3) is 0 Å². The maximum absolute atomic E-state index is 13.6. The fourth-order valence-electron chi connectivity index (χ4n) is 1.73. The summed E-state index contributed by atoms with van der Waals surface area (Å²) in [4.78, 5) is 0. The van der Waals surface area contributed by atoms with Crippen LogP contribution in [0.5, 0.6) is 5.75 Å². The Balaban J connectivity index is 2.38. The van der Waals surface area contributed by atoms with Gasteiger partial charge in [0.1, 0.15) is 11.6 Å². The summed E-state index contributed by atoms with van der Waals surface area (Å²) in [5.74, 6) is -2.92. The standard InChI is InChI=1S/C14H13F3N2O/c1-2-20-12-5-3-4-10(14(12)18)19-11-7-8(15)6-9(16)13(11)17/h3-7,19H,2,18H2,1H3. The van der Waals surface area contributed by atoms with Crippen molar-refractivity contribution in [1.29, 1.82) is 0 Å². The molecule has 0 aliphatic carbocycles. The Labute approximate surface area is 114 Å². The normalized spacial score (nSPS) is 10.4. The van der Waals surface area contributed by atoms with Crippen molar-refractivity contribution in [2.24, 2.45) is 0 Å². The van der Waals surface area contributed by atoms with Crippen LogP contribution in [0.25, 0.3) is 0 Å². The van der Waals surface area contributed by atoms with Crippen LogP contribution in [0.15, 0.2) is 30.3 Å². The van der Waals surface area contributed by atoms with Gasteiger partial charge >= 0.3 is 0 Å². The zero-order valence-corrected chi connectivity index (χ0v) is 10.7. The second kappa shape index (κ2) is 5.73. The first-order valence-corrected chi connectivity index (χ1v) is 5.95. The molecule has 0 spiro atoms. The summed E-state index contributed by atoms with van der Waals surface area (Å²) < 4.78 is 45.1. The summed E-state index contributed by atoms with van der Waals surface area (Å²) >= 11 is 0. The van der Waals surface area contributed by atoms with Crippen molar-refractivity contribution < 1.29 is 17.9 Å². The average molecular weight is 282 g/mol. The van der Waals surface area contributed by atoms with Gasteiger partial charge in [0.2, 0.25) is 0 Å². The van der Waals surface area contributed by atoms with Crippen molar-refractivity contribution in [2.45, 2.75) is 6.92 Å². The summed E-state index contributed by atoms with van der Waals surface area (Å²) in [5, 5.41) is 2.56. The molecule has 0 atom stereocenters. The third-order valence-electron chi connectivity index (χ3n) is 2.63. The second-order valence-electron chi connectivity index (χ2n) is 4.02. The molecule has 6 heteroatoms. The number of hydrogen-bond acceptors (Lipinski definition) is 3. The van der Waals surface area contributed by atoms with Crippen molar-refractivity contribution in [3.63, 3.8) is 0 Å². The molecule has 2 aromatic rings. The summed E-state index contributed by atoms with van der Waals surface area (Å²) in [7, 11) is 0. The van der Waals surface area contributed by atoms with Crippen LogP contribution >= 0.6 is 0 Å². The van der Waals surface area contributed by atoms with Crippen LogP contribution in [0.3, 0.4) is 0 Å². The fraction of sp³-hybridized carbons (Fsp3) is 0.143. The Morgan fingerprint density at radius 3 is 2.60 bits per heavy atom. The van der Waals surface area contributed by atoms with Crippen LogP contribution in [0.4, 0.5) is 30.2 Å². The van der Waals surface area contributed by atoms with Crippen LogP contribution in [-0.4, -0.2) is 6.61 Å². The summed E-state index contributed by atoms with van der Waals surface area (Å²) in [6.45, 7) is 2.21. The smallest absolute Gasteiger partial charge is 0.182 e. The first-order valence-electron chi connectivity index (χ1n) is 5.95. The van der Waals surface area contributed by atoms with E-state index in [1.165, 1.54) is 0 Å². The maximum Gasteiger partial charge on any atom is 0.182 e. The number of nitrogens with one attached hydrogen (secondary N) is 1. The zero-order valence-electron chi connectivity index (χ0n) is 10.7. The van der Waals surface area contributed by atoms with E-state index < -0.39 is 17.5 Å². The van der Waals surface area contributed by atoms with Gasteiger partial charge in [0.15, 0.2) is 11.6 Å². The van der Waals surface area contributed by atoms with E-state index in [0.29, 0.717) is 24.1 Å². The lowest BCUT2D eigenvalue weighted by Crippen LogP contribution is -2.03. The molecule has 0 heterocycles. The number of halogens is 3. The second-order valence-corrected chi connectivity index (χ2v) is 4.02. The first kappa shape index (κ1) is 14.0. The largest absolute Gasteiger partial charge is 0.492 e. The zero-order chi connectivity index (χ0) is 14.7. The first-order chi connectivity index (χ1) is 9.52. The van der Waals surface area contributed by atoms with Crippen molar-refractivity contribution in [3.8, 4) is 5.75 Å². The van der Waals surface area contributed by atoms with Gasteiger partial charge in [-0.25, -0.2) is 13.2 Å². The Hall–Kier alpha value is -2.37. The monoisotopic (exact) mass is 282 g/mol. The van der Waals surface area contributed by atoms with Crippen molar-refractivity contribution in [3.05, 3.63) is 47.8 Å². The molecular formula is C14H13F3N2O. The highest BCUT2D eigenvalue weighted by atomic mass is 19.2. The van der Waals surface area contributed by atoms with Crippen LogP contribution in [0.2, 0.25) is 0 Å². The fourth-order valence-corrected chi connectivity index (χ4v) is 1.73. The number of nitrogen functional groups attached to an aromatic ring is 1. The number of benzene rings is 2. The lowest BCUT2D eigenvalue weighted by molar-refractivity contribution is 0.342. The van der Waals surface area contributed by atoms with E-state index in [1.54, 1.807) is 25.1 Å². The van der Waals surface area contributed by atoms with E-state index in [2.05, 4.69) is 5.32 Å². The Bertz CT molecular complexity index is 632. The SMILES string of the molecule is CCOc1cccc(Nc2cc(F)cc(F)c2F)c1N. The molecule has 0 aromatic heterocycles. The molecule has 0 bridgehead atoms. The van der Waals surface area contributed by atoms with E-state index in [4.69, 9.17) is 10.5 Å². The van der Waals surface area contributed by atoms with Gasteiger partial charge in [-0.15, -0.1) is 0 Å². The maximum atomic E-state index is 13.6. The molecule has 106 valence electrons. The highest BCUT2D eigenvalue weighted by Crippen LogP contribution is 2.32. The molecule has 0 radical (unpaired) electrons. The van der Waals surface area contributed by atoms with Crippen molar-refractivity contribution in [2.75, 3.05) is 17.7 Å². The highest BCUT2D eigenvalue weighted by molar-refractivity contribution is 5.77. The minimum absolute atomic E-state index is 0.235. The number of rotatable bonds is 4. The van der Waals surface area contributed by atoms with E-state index in [1.807, 2.05) is 0 Å². The minimum Gasteiger partial charge on any atom is -0.492 e. The van der Waals surface area contributed by atoms with Gasteiger partial charge in [-0.05, 0) is 19.1 Å². The summed E-state index contributed by atoms with van der Waals surface area (Å²) in [6.07, 6.45) is 0. The molecule has 2 aromatic carbocycles. The molecule has 0 aliphatic heterocycles.